The zero-order chi connectivity index (χ0) is 9.35. The van der Waals surface area contributed by atoms with Crippen LogP contribution in [0.4, 0.5) is 4.79 Å². The van der Waals surface area contributed by atoms with Crippen LogP contribution < -0.4 is 5.73 Å². The molecule has 0 aromatic heterocycles. The van der Waals surface area contributed by atoms with Crippen molar-refractivity contribution in [3.63, 3.8) is 0 Å². The number of halogens is 1. The first-order chi connectivity index (χ1) is 5.43. The van der Waals surface area contributed by atoms with Crippen molar-refractivity contribution < 1.29 is 4.79 Å². The topological polar surface area (TPSA) is 46.3 Å². The zero-order valence-corrected chi connectivity index (χ0v) is 8.27. The third-order valence-corrected chi connectivity index (χ3v) is 2.64. The summed E-state index contributed by atoms with van der Waals surface area (Å²) in [4.78, 5) is 12.5. The van der Waals surface area contributed by atoms with Gasteiger partial charge in [-0.1, -0.05) is 6.92 Å². The molecule has 1 fully saturated rings. The SMILES string of the molecule is CC1CCN(C(=O)Cl)C(C)(N)C1. The highest BCUT2D eigenvalue weighted by Crippen LogP contribution is 2.28. The van der Waals surface area contributed by atoms with Crippen LogP contribution in [0.5, 0.6) is 0 Å². The third-order valence-electron chi connectivity index (χ3n) is 2.44. The summed E-state index contributed by atoms with van der Waals surface area (Å²) in [6, 6.07) is 0. The Morgan fingerprint density at radius 3 is 2.75 bits per heavy atom. The fraction of sp³-hybridized carbons (Fsp3) is 0.875. The summed E-state index contributed by atoms with van der Waals surface area (Å²) < 4.78 is 0. The number of carbonyl (C=O) groups excluding carboxylic acids is 1. The quantitative estimate of drug-likeness (QED) is 0.467. The van der Waals surface area contributed by atoms with Crippen LogP contribution in [0.15, 0.2) is 0 Å². The van der Waals surface area contributed by atoms with Crippen molar-refractivity contribution in [2.45, 2.75) is 32.4 Å². The minimum atomic E-state index is -0.559. The molecule has 1 saturated heterocycles. The molecular formula is C8H15ClN2O. The highest BCUT2D eigenvalue weighted by Gasteiger charge is 2.35. The van der Waals surface area contributed by atoms with E-state index in [2.05, 4.69) is 6.92 Å². The molecule has 1 aliphatic rings. The van der Waals surface area contributed by atoms with Crippen molar-refractivity contribution in [1.82, 2.24) is 4.90 Å². The summed E-state index contributed by atoms with van der Waals surface area (Å²) in [6.45, 7) is 4.67. The molecule has 1 heterocycles. The van der Waals surface area contributed by atoms with Gasteiger partial charge in [0.2, 0.25) is 0 Å². The van der Waals surface area contributed by atoms with Crippen LogP contribution in [-0.2, 0) is 0 Å². The predicted octanol–water partition coefficient (Wildman–Crippen LogP) is 1.75. The summed E-state index contributed by atoms with van der Waals surface area (Å²) >= 11 is 5.40. The van der Waals surface area contributed by atoms with Gasteiger partial charge in [-0.15, -0.1) is 0 Å². The first-order valence-corrected chi connectivity index (χ1v) is 4.57. The van der Waals surface area contributed by atoms with E-state index in [9.17, 15) is 4.79 Å². The molecule has 1 aliphatic heterocycles. The Morgan fingerprint density at radius 2 is 2.33 bits per heavy atom. The summed E-state index contributed by atoms with van der Waals surface area (Å²) in [6.07, 6.45) is 1.82. The second-order valence-electron chi connectivity index (χ2n) is 3.86. The summed E-state index contributed by atoms with van der Waals surface area (Å²) in [5, 5.41) is -0.438. The summed E-state index contributed by atoms with van der Waals surface area (Å²) in [7, 11) is 0. The number of carbonyl (C=O) groups is 1. The lowest BCUT2D eigenvalue weighted by atomic mass is 9.89. The maximum atomic E-state index is 10.9. The molecule has 4 heteroatoms. The Morgan fingerprint density at radius 1 is 1.75 bits per heavy atom. The molecule has 2 unspecified atom stereocenters. The lowest BCUT2D eigenvalue weighted by Gasteiger charge is -2.43. The monoisotopic (exact) mass is 190 g/mol. The van der Waals surface area contributed by atoms with Gasteiger partial charge in [0, 0.05) is 6.54 Å². The fourth-order valence-corrected chi connectivity index (χ4v) is 2.09. The first kappa shape index (κ1) is 9.81. The standard InChI is InChI=1S/C8H15ClN2O/c1-6-3-4-11(7(9)12)8(2,10)5-6/h6H,3-5,10H2,1-2H3. The average Bonchev–Trinajstić information content (AvgIpc) is 1.82. The molecule has 3 nitrogen and oxygen atoms in total. The van der Waals surface area contributed by atoms with E-state index in [1.807, 2.05) is 6.92 Å². The number of rotatable bonds is 0. The largest absolute Gasteiger partial charge is 0.317 e. The van der Waals surface area contributed by atoms with Crippen molar-refractivity contribution in [1.29, 1.82) is 0 Å². The van der Waals surface area contributed by atoms with Crippen molar-refractivity contribution in [3.8, 4) is 0 Å². The van der Waals surface area contributed by atoms with Gasteiger partial charge in [-0.25, -0.2) is 0 Å². The van der Waals surface area contributed by atoms with Gasteiger partial charge in [0.15, 0.2) is 0 Å². The van der Waals surface area contributed by atoms with E-state index in [1.165, 1.54) is 4.90 Å². The Hall–Kier alpha value is -0.280. The number of nitrogens with zero attached hydrogens (tertiary/aromatic N) is 1. The predicted molar refractivity (Wildman–Crippen MR) is 48.9 cm³/mol. The van der Waals surface area contributed by atoms with Crippen molar-refractivity contribution in [3.05, 3.63) is 0 Å². The highest BCUT2D eigenvalue weighted by atomic mass is 35.5. The van der Waals surface area contributed by atoms with Gasteiger partial charge in [0.05, 0.1) is 5.66 Å². The van der Waals surface area contributed by atoms with Gasteiger partial charge in [-0.2, -0.15) is 0 Å². The smallest absolute Gasteiger partial charge is 0.311 e. The van der Waals surface area contributed by atoms with Gasteiger partial charge in [-0.3, -0.25) is 4.79 Å². The van der Waals surface area contributed by atoms with E-state index in [-0.39, 0.29) is 0 Å². The van der Waals surface area contributed by atoms with E-state index in [1.54, 1.807) is 0 Å². The highest BCUT2D eigenvalue weighted by molar-refractivity contribution is 6.62. The molecule has 0 saturated carbocycles. The third kappa shape index (κ3) is 1.90. The second kappa shape index (κ2) is 3.23. The molecule has 0 aromatic carbocycles. The maximum absolute atomic E-state index is 10.9. The van der Waals surface area contributed by atoms with Gasteiger partial charge in [0.25, 0.3) is 0 Å². The van der Waals surface area contributed by atoms with Gasteiger partial charge < -0.3 is 10.6 Å². The van der Waals surface area contributed by atoms with Crippen LogP contribution in [0.1, 0.15) is 26.7 Å². The molecule has 0 aliphatic carbocycles. The Labute approximate surface area is 77.9 Å². The normalized spacial score (nSPS) is 36.7. The molecule has 2 N–H and O–H groups in total. The average molecular weight is 191 g/mol. The Balaban J connectivity index is 2.70. The molecule has 12 heavy (non-hydrogen) atoms. The van der Waals surface area contributed by atoms with Crippen molar-refractivity contribution >= 4 is 17.0 Å². The van der Waals surface area contributed by atoms with Crippen LogP contribution in [-0.4, -0.2) is 22.5 Å². The van der Waals surface area contributed by atoms with Crippen LogP contribution in [0.25, 0.3) is 0 Å². The van der Waals surface area contributed by atoms with Crippen LogP contribution in [0.3, 0.4) is 0 Å². The van der Waals surface area contributed by atoms with Crippen LogP contribution in [0, 0.1) is 5.92 Å². The molecule has 0 bridgehead atoms. The molecule has 1 amide bonds. The van der Waals surface area contributed by atoms with E-state index in [4.69, 9.17) is 17.3 Å². The van der Waals surface area contributed by atoms with E-state index < -0.39 is 11.0 Å². The molecule has 70 valence electrons. The van der Waals surface area contributed by atoms with Gasteiger partial charge in [0.1, 0.15) is 0 Å². The zero-order valence-electron chi connectivity index (χ0n) is 7.51. The molecule has 0 spiro atoms. The van der Waals surface area contributed by atoms with E-state index in [0.717, 1.165) is 12.8 Å². The van der Waals surface area contributed by atoms with Crippen molar-refractivity contribution in [2.75, 3.05) is 6.54 Å². The van der Waals surface area contributed by atoms with E-state index >= 15 is 0 Å². The molecule has 0 radical (unpaired) electrons. The lowest BCUT2D eigenvalue weighted by molar-refractivity contribution is 0.0842. The first-order valence-electron chi connectivity index (χ1n) is 4.19. The lowest BCUT2D eigenvalue weighted by Crippen LogP contribution is -2.58. The second-order valence-corrected chi connectivity index (χ2v) is 4.18. The van der Waals surface area contributed by atoms with Crippen LogP contribution in [0.2, 0.25) is 0 Å². The Bertz CT molecular complexity index is 193. The molecule has 0 aromatic rings. The number of likely N-dealkylation sites (tertiary alicyclic amines) is 1. The number of nitrogens with two attached hydrogens (primary N) is 1. The molecule has 1 rings (SSSR count). The van der Waals surface area contributed by atoms with Crippen LogP contribution >= 0.6 is 11.6 Å². The minimum absolute atomic E-state index is 0.438. The fourth-order valence-electron chi connectivity index (χ4n) is 1.81. The molecular weight excluding hydrogens is 176 g/mol. The summed E-state index contributed by atoms with van der Waals surface area (Å²) in [5.74, 6) is 0.576. The number of piperidine rings is 1. The summed E-state index contributed by atoms with van der Waals surface area (Å²) in [5.41, 5.74) is 5.38. The number of hydrogen-bond acceptors (Lipinski definition) is 2. The minimum Gasteiger partial charge on any atom is -0.311 e. The maximum Gasteiger partial charge on any atom is 0.317 e. The van der Waals surface area contributed by atoms with Crippen molar-refractivity contribution in [2.24, 2.45) is 11.7 Å². The number of amides is 1. The number of hydrogen-bond donors (Lipinski definition) is 1. The van der Waals surface area contributed by atoms with Gasteiger partial charge in [-0.05, 0) is 37.3 Å². The Kier molecular flexibility index (Phi) is 2.64. The van der Waals surface area contributed by atoms with E-state index in [0.29, 0.717) is 12.5 Å². The van der Waals surface area contributed by atoms with Gasteiger partial charge >= 0.3 is 5.37 Å². The molecule has 2 atom stereocenters.